The Morgan fingerprint density at radius 1 is 1.04 bits per heavy atom. The highest BCUT2D eigenvalue weighted by atomic mass is 35.5. The maximum atomic E-state index is 11.9. The molecule has 3 heteroatoms. The topological polar surface area (TPSA) is 22.0 Å². The van der Waals surface area contributed by atoms with Crippen molar-refractivity contribution < 1.29 is 4.79 Å². The minimum absolute atomic E-state index is 0.00803. The molecule has 0 aliphatic carbocycles. The number of hydrogen-bond acceptors (Lipinski definition) is 1. The number of carbonyl (C=O) groups excluding carboxylic acids is 1. The third kappa shape index (κ3) is 3.95. The first-order chi connectivity index (χ1) is 12.2. The Labute approximate surface area is 153 Å². The summed E-state index contributed by atoms with van der Waals surface area (Å²) < 4.78 is 2.04. The Bertz CT molecular complexity index is 945. The summed E-state index contributed by atoms with van der Waals surface area (Å²) in [7, 11) is 0. The third-order valence-corrected chi connectivity index (χ3v) is 4.59. The van der Waals surface area contributed by atoms with Gasteiger partial charge in [0, 0.05) is 29.4 Å². The van der Waals surface area contributed by atoms with Crippen LogP contribution in [0.25, 0.3) is 10.9 Å². The van der Waals surface area contributed by atoms with Gasteiger partial charge in [0.05, 0.1) is 5.56 Å². The molecule has 0 aliphatic rings. The molecule has 25 heavy (non-hydrogen) atoms. The lowest BCUT2D eigenvalue weighted by atomic mass is 10.1. The van der Waals surface area contributed by atoms with Crippen LogP contribution in [0.15, 0.2) is 54.6 Å². The minimum atomic E-state index is 0.00803. The van der Waals surface area contributed by atoms with Crippen molar-refractivity contribution in [2.45, 2.75) is 32.7 Å². The summed E-state index contributed by atoms with van der Waals surface area (Å²) in [4.78, 5) is 11.9. The molecule has 3 aromatic rings. The summed E-state index contributed by atoms with van der Waals surface area (Å²) in [5, 5.41) is 1.48. The molecule has 0 saturated heterocycles. The van der Waals surface area contributed by atoms with Crippen LogP contribution >= 0.6 is 11.6 Å². The SMILES string of the molecule is CC(=O)c1c(Cl)n(CCCCC#Cc2ccccc2)c2ccccc12. The van der Waals surface area contributed by atoms with Crippen molar-refractivity contribution >= 4 is 28.3 Å². The summed E-state index contributed by atoms with van der Waals surface area (Å²) >= 11 is 6.48. The number of nitrogens with zero attached hydrogens (tertiary/aromatic N) is 1. The Kier molecular flexibility index (Phi) is 5.58. The van der Waals surface area contributed by atoms with E-state index in [-0.39, 0.29) is 5.78 Å². The van der Waals surface area contributed by atoms with Gasteiger partial charge in [0.25, 0.3) is 0 Å². The fraction of sp³-hybridized carbons (Fsp3) is 0.227. The van der Waals surface area contributed by atoms with E-state index in [9.17, 15) is 4.79 Å². The van der Waals surface area contributed by atoms with Gasteiger partial charge in [-0.25, -0.2) is 0 Å². The van der Waals surface area contributed by atoms with E-state index in [2.05, 4.69) is 11.8 Å². The Hall–Kier alpha value is -2.50. The summed E-state index contributed by atoms with van der Waals surface area (Å²) in [6.07, 6.45) is 2.82. The monoisotopic (exact) mass is 349 g/mol. The number of Topliss-reactive ketones (excluding diaryl/α,β-unsaturated/α-hetero) is 1. The number of fused-ring (bicyclic) bond motifs is 1. The molecule has 0 amide bonds. The highest BCUT2D eigenvalue weighted by Gasteiger charge is 2.17. The number of ketones is 1. The minimum Gasteiger partial charge on any atom is -0.331 e. The number of hydrogen-bond donors (Lipinski definition) is 0. The molecule has 0 aliphatic heterocycles. The summed E-state index contributed by atoms with van der Waals surface area (Å²) in [6, 6.07) is 17.9. The van der Waals surface area contributed by atoms with Crippen molar-refractivity contribution in [1.82, 2.24) is 4.57 Å². The van der Waals surface area contributed by atoms with Gasteiger partial charge in [0.1, 0.15) is 5.15 Å². The fourth-order valence-electron chi connectivity index (χ4n) is 3.00. The van der Waals surface area contributed by atoms with E-state index < -0.39 is 0 Å². The molecule has 0 atom stereocenters. The number of rotatable bonds is 5. The second kappa shape index (κ2) is 8.05. The van der Waals surface area contributed by atoms with E-state index in [0.717, 1.165) is 42.3 Å². The quantitative estimate of drug-likeness (QED) is 0.328. The van der Waals surface area contributed by atoms with Gasteiger partial charge in [-0.05, 0) is 38.0 Å². The molecular formula is C22H20ClNO. The molecule has 1 aromatic heterocycles. The molecule has 2 nitrogen and oxygen atoms in total. The number of aryl methyl sites for hydroxylation is 1. The molecule has 0 unspecified atom stereocenters. The zero-order chi connectivity index (χ0) is 17.6. The smallest absolute Gasteiger partial charge is 0.163 e. The van der Waals surface area contributed by atoms with E-state index in [4.69, 9.17) is 11.6 Å². The standard InChI is InChI=1S/C22H20ClNO/c1-17(25)21-19-14-8-9-15-20(19)24(22(21)23)16-10-3-2-5-11-18-12-6-4-7-13-18/h4,6-9,12-15H,2-3,10,16H2,1H3. The second-order valence-corrected chi connectivity index (χ2v) is 6.37. The van der Waals surface area contributed by atoms with Gasteiger partial charge < -0.3 is 4.57 Å². The van der Waals surface area contributed by atoms with Crippen LogP contribution in [0.2, 0.25) is 5.15 Å². The highest BCUT2D eigenvalue weighted by molar-refractivity contribution is 6.35. The van der Waals surface area contributed by atoms with Crippen LogP contribution in [0.1, 0.15) is 42.1 Å². The molecule has 0 bridgehead atoms. The molecule has 0 N–H and O–H groups in total. The maximum absolute atomic E-state index is 11.9. The predicted octanol–water partition coefficient (Wildman–Crippen LogP) is 5.72. The zero-order valence-electron chi connectivity index (χ0n) is 14.3. The fourth-order valence-corrected chi connectivity index (χ4v) is 3.41. The van der Waals surface area contributed by atoms with Crippen molar-refractivity contribution in [1.29, 1.82) is 0 Å². The number of benzene rings is 2. The van der Waals surface area contributed by atoms with Gasteiger partial charge in [0.2, 0.25) is 0 Å². The normalized spacial score (nSPS) is 10.5. The first-order valence-electron chi connectivity index (χ1n) is 8.50. The van der Waals surface area contributed by atoms with Gasteiger partial charge >= 0.3 is 0 Å². The van der Waals surface area contributed by atoms with Crippen molar-refractivity contribution in [3.05, 3.63) is 70.9 Å². The molecule has 0 saturated carbocycles. The van der Waals surface area contributed by atoms with Gasteiger partial charge in [-0.15, -0.1) is 0 Å². The lowest BCUT2D eigenvalue weighted by Crippen LogP contribution is -1.99. The Morgan fingerprint density at radius 2 is 1.76 bits per heavy atom. The molecule has 1 heterocycles. The Morgan fingerprint density at radius 3 is 2.52 bits per heavy atom. The van der Waals surface area contributed by atoms with Crippen LogP contribution in [0.3, 0.4) is 0 Å². The van der Waals surface area contributed by atoms with Crippen LogP contribution in [0.5, 0.6) is 0 Å². The van der Waals surface area contributed by atoms with E-state index >= 15 is 0 Å². The molecular weight excluding hydrogens is 330 g/mol. The lowest BCUT2D eigenvalue weighted by molar-refractivity contribution is 0.101. The molecule has 0 fully saturated rings. The molecule has 3 rings (SSSR count). The molecule has 2 aromatic carbocycles. The van der Waals surface area contributed by atoms with Crippen molar-refractivity contribution in [3.63, 3.8) is 0 Å². The second-order valence-electron chi connectivity index (χ2n) is 6.02. The van der Waals surface area contributed by atoms with Crippen molar-refractivity contribution in [2.75, 3.05) is 0 Å². The molecule has 0 radical (unpaired) electrons. The zero-order valence-corrected chi connectivity index (χ0v) is 15.0. The van der Waals surface area contributed by atoms with Crippen LogP contribution < -0.4 is 0 Å². The summed E-state index contributed by atoms with van der Waals surface area (Å²) in [5.41, 5.74) is 2.70. The van der Waals surface area contributed by atoms with Crippen molar-refractivity contribution in [2.24, 2.45) is 0 Å². The van der Waals surface area contributed by atoms with Crippen LogP contribution in [-0.2, 0) is 6.54 Å². The first-order valence-corrected chi connectivity index (χ1v) is 8.88. The van der Waals surface area contributed by atoms with Crippen LogP contribution in [0.4, 0.5) is 0 Å². The number of halogens is 1. The van der Waals surface area contributed by atoms with E-state index in [1.165, 1.54) is 0 Å². The van der Waals surface area contributed by atoms with Crippen LogP contribution in [0, 0.1) is 11.8 Å². The Balaban J connectivity index is 1.65. The number of aromatic nitrogens is 1. The van der Waals surface area contributed by atoms with E-state index in [0.29, 0.717) is 10.7 Å². The lowest BCUT2D eigenvalue weighted by Gasteiger charge is -2.06. The van der Waals surface area contributed by atoms with Crippen molar-refractivity contribution in [3.8, 4) is 11.8 Å². The van der Waals surface area contributed by atoms with Gasteiger partial charge in [-0.3, -0.25) is 4.79 Å². The average molecular weight is 350 g/mol. The van der Waals surface area contributed by atoms with Gasteiger partial charge in [-0.1, -0.05) is 59.8 Å². The molecule has 0 spiro atoms. The summed E-state index contributed by atoms with van der Waals surface area (Å²) in [6.45, 7) is 2.36. The predicted molar refractivity (Wildman–Crippen MR) is 104 cm³/mol. The first kappa shape index (κ1) is 17.3. The third-order valence-electron chi connectivity index (χ3n) is 4.20. The van der Waals surface area contributed by atoms with Gasteiger partial charge in [-0.2, -0.15) is 0 Å². The number of unbranched alkanes of at least 4 members (excludes halogenated alkanes) is 2. The maximum Gasteiger partial charge on any atom is 0.163 e. The van der Waals surface area contributed by atoms with Crippen LogP contribution in [-0.4, -0.2) is 10.4 Å². The largest absolute Gasteiger partial charge is 0.331 e. The van der Waals surface area contributed by atoms with E-state index in [1.807, 2.05) is 59.2 Å². The summed E-state index contributed by atoms with van der Waals surface area (Å²) in [5.74, 6) is 6.40. The average Bonchev–Trinajstić information content (AvgIpc) is 2.90. The highest BCUT2D eigenvalue weighted by Crippen LogP contribution is 2.30. The number of para-hydroxylation sites is 1. The van der Waals surface area contributed by atoms with E-state index in [1.54, 1.807) is 6.92 Å². The molecule has 126 valence electrons. The van der Waals surface area contributed by atoms with Gasteiger partial charge in [0.15, 0.2) is 5.78 Å². The number of carbonyl (C=O) groups is 1.